The normalized spacial score (nSPS) is 21.5. The maximum atomic E-state index is 12.6. The predicted molar refractivity (Wildman–Crippen MR) is 89.5 cm³/mol. The van der Waals surface area contributed by atoms with E-state index in [4.69, 9.17) is 0 Å². The van der Waals surface area contributed by atoms with Gasteiger partial charge in [-0.1, -0.05) is 0 Å². The van der Waals surface area contributed by atoms with E-state index in [-0.39, 0.29) is 15.8 Å². The molecule has 2 aromatic heterocycles. The molecule has 2 aromatic rings. The van der Waals surface area contributed by atoms with Crippen LogP contribution in [0.1, 0.15) is 41.4 Å². The first-order chi connectivity index (χ1) is 11.5. The summed E-state index contributed by atoms with van der Waals surface area (Å²) in [6.45, 7) is 0. The zero-order chi connectivity index (χ0) is 17.2. The SMILES string of the molecule is COC(=O)c1sccc1S(=O)(=O)NC1CCC(n2cccn2)CC1. The van der Waals surface area contributed by atoms with Gasteiger partial charge in [-0.15, -0.1) is 11.3 Å². The molecule has 3 rings (SSSR count). The molecule has 9 heteroatoms. The van der Waals surface area contributed by atoms with Crippen LogP contribution in [-0.4, -0.2) is 37.3 Å². The molecular weight excluding hydrogens is 350 g/mol. The molecule has 0 saturated heterocycles. The average Bonchev–Trinajstić information content (AvgIpc) is 3.26. The van der Waals surface area contributed by atoms with Crippen LogP contribution in [-0.2, 0) is 14.8 Å². The first kappa shape index (κ1) is 17.1. The Morgan fingerprint density at radius 2 is 2.12 bits per heavy atom. The van der Waals surface area contributed by atoms with Crippen LogP contribution in [0.5, 0.6) is 0 Å². The molecule has 1 aliphatic carbocycles. The van der Waals surface area contributed by atoms with Gasteiger partial charge in [0.15, 0.2) is 0 Å². The summed E-state index contributed by atoms with van der Waals surface area (Å²) >= 11 is 1.06. The Balaban J connectivity index is 1.66. The van der Waals surface area contributed by atoms with Gasteiger partial charge in [-0.2, -0.15) is 5.10 Å². The van der Waals surface area contributed by atoms with Gasteiger partial charge in [-0.3, -0.25) is 4.68 Å². The summed E-state index contributed by atoms with van der Waals surface area (Å²) in [4.78, 5) is 11.8. The number of sulfonamides is 1. The largest absolute Gasteiger partial charge is 0.465 e. The Morgan fingerprint density at radius 1 is 1.38 bits per heavy atom. The van der Waals surface area contributed by atoms with E-state index in [0.717, 1.165) is 37.0 Å². The van der Waals surface area contributed by atoms with Crippen molar-refractivity contribution in [1.82, 2.24) is 14.5 Å². The van der Waals surface area contributed by atoms with E-state index in [0.29, 0.717) is 6.04 Å². The number of carbonyl (C=O) groups is 1. The third-order valence-electron chi connectivity index (χ3n) is 4.21. The maximum Gasteiger partial charge on any atom is 0.349 e. The quantitative estimate of drug-likeness (QED) is 0.816. The van der Waals surface area contributed by atoms with Gasteiger partial charge in [-0.25, -0.2) is 17.9 Å². The maximum absolute atomic E-state index is 12.6. The number of aromatic nitrogens is 2. The van der Waals surface area contributed by atoms with Crippen molar-refractivity contribution in [2.45, 2.75) is 42.7 Å². The summed E-state index contributed by atoms with van der Waals surface area (Å²) in [5, 5.41) is 5.83. The molecule has 0 spiro atoms. The smallest absolute Gasteiger partial charge is 0.349 e. The number of rotatable bonds is 5. The lowest BCUT2D eigenvalue weighted by Gasteiger charge is -2.29. The highest BCUT2D eigenvalue weighted by atomic mass is 32.2. The van der Waals surface area contributed by atoms with Crippen molar-refractivity contribution < 1.29 is 17.9 Å². The zero-order valence-corrected chi connectivity index (χ0v) is 14.8. The third-order valence-corrected chi connectivity index (χ3v) is 6.79. The fourth-order valence-corrected chi connectivity index (χ4v) is 5.63. The molecular formula is C15H19N3O4S2. The van der Waals surface area contributed by atoms with Crippen molar-refractivity contribution in [3.63, 3.8) is 0 Å². The van der Waals surface area contributed by atoms with E-state index in [1.807, 2.05) is 16.9 Å². The second kappa shape index (κ2) is 7.04. The number of nitrogens with one attached hydrogen (secondary N) is 1. The highest BCUT2D eigenvalue weighted by molar-refractivity contribution is 7.89. The van der Waals surface area contributed by atoms with Crippen LogP contribution < -0.4 is 4.72 Å². The summed E-state index contributed by atoms with van der Waals surface area (Å²) < 4.78 is 34.5. The Bertz CT molecular complexity index is 791. The second-order valence-electron chi connectivity index (χ2n) is 5.72. The monoisotopic (exact) mass is 369 g/mol. The molecule has 0 aliphatic heterocycles. The van der Waals surface area contributed by atoms with Crippen LogP contribution in [0.2, 0.25) is 0 Å². The minimum Gasteiger partial charge on any atom is -0.465 e. The molecule has 0 aromatic carbocycles. The molecule has 1 fully saturated rings. The predicted octanol–water partition coefficient (Wildman–Crippen LogP) is 2.19. The van der Waals surface area contributed by atoms with E-state index in [9.17, 15) is 13.2 Å². The average molecular weight is 369 g/mol. The summed E-state index contributed by atoms with van der Waals surface area (Å²) in [6, 6.07) is 3.51. The van der Waals surface area contributed by atoms with Gasteiger partial charge in [0, 0.05) is 18.4 Å². The first-order valence-corrected chi connectivity index (χ1v) is 10.0. The zero-order valence-electron chi connectivity index (χ0n) is 13.2. The van der Waals surface area contributed by atoms with Crippen LogP contribution in [0.15, 0.2) is 34.8 Å². The number of hydrogen-bond acceptors (Lipinski definition) is 6. The second-order valence-corrected chi connectivity index (χ2v) is 8.32. The van der Waals surface area contributed by atoms with Crippen molar-refractivity contribution in [3.8, 4) is 0 Å². The van der Waals surface area contributed by atoms with E-state index in [2.05, 4.69) is 14.6 Å². The van der Waals surface area contributed by atoms with E-state index < -0.39 is 16.0 Å². The molecule has 0 radical (unpaired) electrons. The standard InChI is InChI=1S/C15H19N3O4S2/c1-22-15(19)14-13(7-10-23-14)24(20,21)17-11-3-5-12(6-4-11)18-9-2-8-16-18/h2,7-12,17H,3-6H2,1H3. The molecule has 7 nitrogen and oxygen atoms in total. The number of carbonyl (C=O) groups excluding carboxylic acids is 1. The van der Waals surface area contributed by atoms with Crippen molar-refractivity contribution in [2.75, 3.05) is 7.11 Å². The summed E-state index contributed by atoms with van der Waals surface area (Å²) in [7, 11) is -2.50. The van der Waals surface area contributed by atoms with E-state index in [1.54, 1.807) is 11.6 Å². The Labute approximate surface area is 144 Å². The number of methoxy groups -OCH3 is 1. The summed E-state index contributed by atoms with van der Waals surface area (Å²) in [5.74, 6) is -0.632. The van der Waals surface area contributed by atoms with Gasteiger partial charge >= 0.3 is 5.97 Å². The molecule has 1 aliphatic rings. The molecule has 0 unspecified atom stereocenters. The minimum atomic E-state index is -3.74. The van der Waals surface area contributed by atoms with Crippen molar-refractivity contribution in [2.24, 2.45) is 0 Å². The van der Waals surface area contributed by atoms with Gasteiger partial charge in [-0.05, 0) is 43.2 Å². The molecule has 0 atom stereocenters. The van der Waals surface area contributed by atoms with Crippen LogP contribution in [0.4, 0.5) is 0 Å². The van der Waals surface area contributed by atoms with Gasteiger partial charge in [0.2, 0.25) is 10.0 Å². The molecule has 1 saturated carbocycles. The molecule has 130 valence electrons. The van der Waals surface area contributed by atoms with Gasteiger partial charge in [0.05, 0.1) is 13.2 Å². The molecule has 2 heterocycles. The highest BCUT2D eigenvalue weighted by Gasteiger charge is 2.30. The number of hydrogen-bond donors (Lipinski definition) is 1. The number of ether oxygens (including phenoxy) is 1. The van der Waals surface area contributed by atoms with Gasteiger partial charge in [0.25, 0.3) is 0 Å². The molecule has 1 N–H and O–H groups in total. The lowest BCUT2D eigenvalue weighted by molar-refractivity contribution is 0.0602. The minimum absolute atomic E-state index is 0.00597. The van der Waals surface area contributed by atoms with Gasteiger partial charge in [0.1, 0.15) is 9.77 Å². The molecule has 24 heavy (non-hydrogen) atoms. The third kappa shape index (κ3) is 3.52. The van der Waals surface area contributed by atoms with Crippen LogP contribution >= 0.6 is 11.3 Å². The number of esters is 1. The van der Waals surface area contributed by atoms with Crippen LogP contribution in [0.25, 0.3) is 0 Å². The summed E-state index contributed by atoms with van der Waals surface area (Å²) in [6.07, 6.45) is 6.89. The van der Waals surface area contributed by atoms with Crippen molar-refractivity contribution in [1.29, 1.82) is 0 Å². The lowest BCUT2D eigenvalue weighted by Crippen LogP contribution is -2.38. The summed E-state index contributed by atoms with van der Waals surface area (Å²) in [5.41, 5.74) is 0. The topological polar surface area (TPSA) is 90.3 Å². The first-order valence-electron chi connectivity index (χ1n) is 7.68. The Morgan fingerprint density at radius 3 is 2.75 bits per heavy atom. The lowest BCUT2D eigenvalue weighted by atomic mass is 9.92. The van der Waals surface area contributed by atoms with Gasteiger partial charge < -0.3 is 4.74 Å². The van der Waals surface area contributed by atoms with E-state index in [1.165, 1.54) is 13.2 Å². The van der Waals surface area contributed by atoms with Crippen molar-refractivity contribution in [3.05, 3.63) is 34.8 Å². The highest BCUT2D eigenvalue weighted by Crippen LogP contribution is 2.29. The number of thiophene rings is 1. The Kier molecular flexibility index (Phi) is 5.02. The van der Waals surface area contributed by atoms with Crippen LogP contribution in [0, 0.1) is 0 Å². The molecule has 0 amide bonds. The fraction of sp³-hybridized carbons (Fsp3) is 0.467. The van der Waals surface area contributed by atoms with Crippen LogP contribution in [0.3, 0.4) is 0 Å². The molecule has 0 bridgehead atoms. The number of nitrogens with zero attached hydrogens (tertiary/aromatic N) is 2. The van der Waals surface area contributed by atoms with E-state index >= 15 is 0 Å². The van der Waals surface area contributed by atoms with Crippen molar-refractivity contribution >= 4 is 27.3 Å². The fourth-order valence-electron chi connectivity index (χ4n) is 2.99. The Hall–Kier alpha value is -1.71.